The Balaban J connectivity index is 1.92. The number of likely N-dealkylation sites (N-methyl/N-ethyl adjacent to an activating group) is 1. The molecule has 4 rings (SSSR count). The van der Waals surface area contributed by atoms with E-state index < -0.39 is 11.8 Å². The molecule has 0 bridgehead atoms. The van der Waals surface area contributed by atoms with E-state index in [0.717, 1.165) is 10.5 Å². The van der Waals surface area contributed by atoms with E-state index in [-0.39, 0.29) is 22.9 Å². The molecule has 2 amide bonds. The lowest BCUT2D eigenvalue weighted by atomic mass is 9.90. The fourth-order valence-corrected chi connectivity index (χ4v) is 3.30. The molecule has 2 heterocycles. The fourth-order valence-electron chi connectivity index (χ4n) is 3.30. The molecule has 1 aliphatic rings. The molecule has 0 fully saturated rings. The standard InChI is InChI=1S/C21H16N6O2/c1-26-19(28)16(12-14-8-4-2-5-9-14)17-18(20(26)29)25-27(21(24-17)23-13-22)15-10-6-3-7-11-15/h2-11,16H,12H2,1H3. The molecule has 1 aromatic heterocycles. The second kappa shape index (κ2) is 7.48. The number of benzene rings is 2. The van der Waals surface area contributed by atoms with Gasteiger partial charge in [-0.1, -0.05) is 48.5 Å². The summed E-state index contributed by atoms with van der Waals surface area (Å²) in [6.45, 7) is 0. The second-order valence-corrected chi connectivity index (χ2v) is 6.55. The Labute approximate surface area is 166 Å². The molecule has 8 heteroatoms. The number of aromatic nitrogens is 3. The van der Waals surface area contributed by atoms with E-state index in [9.17, 15) is 9.59 Å². The van der Waals surface area contributed by atoms with Crippen molar-refractivity contribution in [1.29, 1.82) is 5.26 Å². The van der Waals surface area contributed by atoms with Gasteiger partial charge in [-0.05, 0) is 24.1 Å². The number of hydrogen-bond acceptors (Lipinski definition) is 6. The molecule has 29 heavy (non-hydrogen) atoms. The van der Waals surface area contributed by atoms with Crippen molar-refractivity contribution in [1.82, 2.24) is 19.7 Å². The van der Waals surface area contributed by atoms with Crippen molar-refractivity contribution in [3.63, 3.8) is 0 Å². The van der Waals surface area contributed by atoms with Gasteiger partial charge in [0.2, 0.25) is 12.1 Å². The summed E-state index contributed by atoms with van der Waals surface area (Å²) in [4.78, 5) is 34.9. The van der Waals surface area contributed by atoms with Crippen LogP contribution in [0.3, 0.4) is 0 Å². The van der Waals surface area contributed by atoms with E-state index in [0.29, 0.717) is 12.1 Å². The second-order valence-electron chi connectivity index (χ2n) is 6.55. The van der Waals surface area contributed by atoms with Gasteiger partial charge in [0.05, 0.1) is 17.3 Å². The first-order valence-electron chi connectivity index (χ1n) is 8.95. The average Bonchev–Trinajstić information content (AvgIpc) is 2.76. The van der Waals surface area contributed by atoms with E-state index in [1.54, 1.807) is 30.5 Å². The number of imide groups is 1. The molecule has 0 radical (unpaired) electrons. The van der Waals surface area contributed by atoms with Crippen LogP contribution in [0.1, 0.15) is 27.7 Å². The van der Waals surface area contributed by atoms with Crippen LogP contribution < -0.4 is 5.62 Å². The van der Waals surface area contributed by atoms with E-state index in [2.05, 4.69) is 15.1 Å². The summed E-state index contributed by atoms with van der Waals surface area (Å²) < 4.78 is 1.34. The lowest BCUT2D eigenvalue weighted by Crippen LogP contribution is -2.46. The van der Waals surface area contributed by atoms with Crippen molar-refractivity contribution < 1.29 is 9.59 Å². The summed E-state index contributed by atoms with van der Waals surface area (Å²) in [5.74, 6) is -1.59. The topological polar surface area (TPSA) is 104 Å². The van der Waals surface area contributed by atoms with Gasteiger partial charge < -0.3 is 0 Å². The summed E-state index contributed by atoms with van der Waals surface area (Å²) in [5.41, 5.74) is 1.86. The molecule has 1 atom stereocenters. The van der Waals surface area contributed by atoms with Crippen molar-refractivity contribution in [3.05, 3.63) is 83.2 Å². The lowest BCUT2D eigenvalue weighted by molar-refractivity contribution is -0.129. The van der Waals surface area contributed by atoms with Crippen LogP contribution in [0.15, 0.2) is 65.7 Å². The van der Waals surface area contributed by atoms with Gasteiger partial charge in [-0.15, -0.1) is 4.99 Å². The molecule has 2 aromatic carbocycles. The van der Waals surface area contributed by atoms with Gasteiger partial charge in [0.25, 0.3) is 11.5 Å². The van der Waals surface area contributed by atoms with Crippen molar-refractivity contribution in [3.8, 4) is 11.9 Å². The SMILES string of the molecule is CN1C(=O)c2nn(-c3ccccc3)c(=NC#N)nc2C(Cc2ccccc2)C1=O. The Morgan fingerprint density at radius 2 is 1.72 bits per heavy atom. The van der Waals surface area contributed by atoms with Gasteiger partial charge in [-0.25, -0.2) is 4.98 Å². The quantitative estimate of drug-likeness (QED) is 0.504. The maximum absolute atomic E-state index is 12.9. The third kappa shape index (κ3) is 3.30. The number of fused-ring (bicyclic) bond motifs is 1. The number of carbonyl (C=O) groups is 2. The summed E-state index contributed by atoms with van der Waals surface area (Å²) in [6, 6.07) is 18.4. The van der Waals surface area contributed by atoms with Crippen LogP contribution in [-0.4, -0.2) is 38.5 Å². The third-order valence-electron chi connectivity index (χ3n) is 4.75. The average molecular weight is 384 g/mol. The Kier molecular flexibility index (Phi) is 4.71. The molecule has 8 nitrogen and oxygen atoms in total. The Morgan fingerprint density at radius 3 is 2.38 bits per heavy atom. The van der Waals surface area contributed by atoms with E-state index in [4.69, 9.17) is 5.26 Å². The number of nitrogens with zero attached hydrogens (tertiary/aromatic N) is 6. The predicted molar refractivity (Wildman–Crippen MR) is 103 cm³/mol. The molecule has 142 valence electrons. The molecular weight excluding hydrogens is 368 g/mol. The number of nitriles is 1. The zero-order valence-corrected chi connectivity index (χ0v) is 15.6. The molecule has 1 unspecified atom stereocenters. The Hall–Kier alpha value is -4.12. The first-order chi connectivity index (χ1) is 14.1. The maximum atomic E-state index is 12.9. The predicted octanol–water partition coefficient (Wildman–Crippen LogP) is 1.59. The molecule has 1 aliphatic heterocycles. The molecule has 3 aromatic rings. The van der Waals surface area contributed by atoms with Gasteiger partial charge >= 0.3 is 0 Å². The minimum absolute atomic E-state index is 0.0145. The van der Waals surface area contributed by atoms with Crippen LogP contribution >= 0.6 is 0 Å². The highest BCUT2D eigenvalue weighted by molar-refractivity contribution is 6.09. The third-order valence-corrected chi connectivity index (χ3v) is 4.75. The minimum Gasteiger partial charge on any atom is -0.280 e. The van der Waals surface area contributed by atoms with Gasteiger partial charge in [-0.3, -0.25) is 14.5 Å². The number of carbonyl (C=O) groups excluding carboxylic acids is 2. The highest BCUT2D eigenvalue weighted by Crippen LogP contribution is 2.28. The summed E-state index contributed by atoms with van der Waals surface area (Å²) in [7, 11) is 1.44. The summed E-state index contributed by atoms with van der Waals surface area (Å²) in [5, 5.41) is 13.5. The zero-order valence-electron chi connectivity index (χ0n) is 15.6. The number of rotatable bonds is 3. The van der Waals surface area contributed by atoms with Crippen LogP contribution in [0.2, 0.25) is 0 Å². The Morgan fingerprint density at radius 1 is 1.07 bits per heavy atom. The Bertz CT molecular complexity index is 1200. The first kappa shape index (κ1) is 18.3. The monoisotopic (exact) mass is 384 g/mol. The first-order valence-corrected chi connectivity index (χ1v) is 8.95. The molecule has 0 saturated carbocycles. The fraction of sp³-hybridized carbons (Fsp3) is 0.143. The summed E-state index contributed by atoms with van der Waals surface area (Å²) in [6.07, 6.45) is 2.08. The van der Waals surface area contributed by atoms with Gasteiger partial charge in [0.15, 0.2) is 5.69 Å². The lowest BCUT2D eigenvalue weighted by Gasteiger charge is -2.28. The maximum Gasteiger partial charge on any atom is 0.282 e. The van der Waals surface area contributed by atoms with Gasteiger partial charge in [0, 0.05) is 7.05 Å². The summed E-state index contributed by atoms with van der Waals surface area (Å²) >= 11 is 0. The van der Waals surface area contributed by atoms with Gasteiger partial charge in [0.1, 0.15) is 0 Å². The van der Waals surface area contributed by atoms with Crippen molar-refractivity contribution in [2.75, 3.05) is 7.05 Å². The minimum atomic E-state index is -0.694. The van der Waals surface area contributed by atoms with Crippen LogP contribution in [0, 0.1) is 11.5 Å². The number of hydrogen-bond donors (Lipinski definition) is 0. The largest absolute Gasteiger partial charge is 0.282 e. The number of amides is 2. The molecule has 0 saturated heterocycles. The zero-order chi connectivity index (χ0) is 20.4. The van der Waals surface area contributed by atoms with Crippen LogP contribution in [0.4, 0.5) is 0 Å². The highest BCUT2D eigenvalue weighted by atomic mass is 16.2. The highest BCUT2D eigenvalue weighted by Gasteiger charge is 2.40. The van der Waals surface area contributed by atoms with E-state index in [1.807, 2.05) is 36.4 Å². The van der Waals surface area contributed by atoms with Crippen LogP contribution in [-0.2, 0) is 11.2 Å². The van der Waals surface area contributed by atoms with E-state index >= 15 is 0 Å². The van der Waals surface area contributed by atoms with Crippen LogP contribution in [0.5, 0.6) is 0 Å². The van der Waals surface area contributed by atoms with Crippen LogP contribution in [0.25, 0.3) is 5.69 Å². The normalized spacial score (nSPS) is 16.5. The molecule has 0 N–H and O–H groups in total. The molecule has 0 aliphatic carbocycles. The van der Waals surface area contributed by atoms with Gasteiger partial charge in [-0.2, -0.15) is 15.0 Å². The number of para-hydroxylation sites is 1. The molecule has 0 spiro atoms. The van der Waals surface area contributed by atoms with Crippen molar-refractivity contribution >= 4 is 11.8 Å². The van der Waals surface area contributed by atoms with Crippen molar-refractivity contribution in [2.24, 2.45) is 4.99 Å². The van der Waals surface area contributed by atoms with Crippen molar-refractivity contribution in [2.45, 2.75) is 12.3 Å². The molecular formula is C21H16N6O2. The van der Waals surface area contributed by atoms with E-state index in [1.165, 1.54) is 11.7 Å². The smallest absolute Gasteiger partial charge is 0.280 e.